The normalized spacial score (nSPS) is 16.7. The first-order valence-corrected chi connectivity index (χ1v) is 18.8. The molecule has 2 heterocycles. The van der Waals surface area contributed by atoms with E-state index in [4.69, 9.17) is 4.74 Å². The maximum absolute atomic E-state index is 15.2. The fourth-order valence-corrected chi connectivity index (χ4v) is 5.99. The van der Waals surface area contributed by atoms with E-state index in [1.54, 1.807) is 45.9 Å². The molecule has 2 aromatic carbocycles. The van der Waals surface area contributed by atoms with Gasteiger partial charge >= 0.3 is 6.09 Å². The molecule has 0 N–H and O–H groups in total. The highest BCUT2D eigenvalue weighted by atomic mass is 19.3. The second-order valence-corrected chi connectivity index (χ2v) is 14.5. The molecule has 1 unspecified atom stereocenters. The predicted molar refractivity (Wildman–Crippen MR) is 206 cm³/mol. The third-order valence-electron chi connectivity index (χ3n) is 9.01. The number of alkyl halides is 2. The Kier molecular flexibility index (Phi) is 15.7. The minimum Gasteiger partial charge on any atom is -0.444 e. The highest BCUT2D eigenvalue weighted by molar-refractivity contribution is 6.10. The zero-order valence-corrected chi connectivity index (χ0v) is 33.9. The number of carbonyl (C=O) groups is 4. The second-order valence-electron chi connectivity index (χ2n) is 14.5. The largest absolute Gasteiger partial charge is 0.444 e. The van der Waals surface area contributed by atoms with E-state index >= 15 is 4.79 Å². The Bertz CT molecular complexity index is 1920. The Balaban J connectivity index is 0.00000136. The summed E-state index contributed by atoms with van der Waals surface area (Å²) in [7, 11) is 1.30. The van der Waals surface area contributed by atoms with Gasteiger partial charge in [0.2, 0.25) is 17.8 Å². The van der Waals surface area contributed by atoms with E-state index in [0.717, 1.165) is 31.7 Å². The van der Waals surface area contributed by atoms with Crippen LogP contribution in [0.4, 0.5) is 34.0 Å². The Morgan fingerprint density at radius 2 is 1.63 bits per heavy atom. The van der Waals surface area contributed by atoms with Crippen molar-refractivity contribution >= 4 is 35.5 Å². The molecule has 0 bridgehead atoms. The summed E-state index contributed by atoms with van der Waals surface area (Å²) in [5.41, 5.74) is -0.949. The van der Waals surface area contributed by atoms with Crippen molar-refractivity contribution in [2.45, 2.75) is 111 Å². The van der Waals surface area contributed by atoms with Gasteiger partial charge in [0.1, 0.15) is 47.6 Å². The van der Waals surface area contributed by atoms with Gasteiger partial charge < -0.3 is 9.64 Å². The quantitative estimate of drug-likeness (QED) is 0.211. The Labute approximate surface area is 331 Å². The number of benzene rings is 2. The molecule has 1 aliphatic heterocycles. The van der Waals surface area contributed by atoms with Crippen LogP contribution in [-0.2, 0) is 19.1 Å². The maximum Gasteiger partial charge on any atom is 0.410 e. The summed E-state index contributed by atoms with van der Waals surface area (Å²) < 4.78 is 63.3. The van der Waals surface area contributed by atoms with Crippen LogP contribution in [0.2, 0.25) is 0 Å². The molecular formula is C41H51F4N7O5. The number of piperazine rings is 1. The number of unbranched alkanes of at least 4 members (excludes halogenated alkanes) is 1. The molecule has 1 aliphatic carbocycles. The molecule has 2 aliphatic rings. The van der Waals surface area contributed by atoms with Crippen LogP contribution in [0.5, 0.6) is 0 Å². The molecule has 57 heavy (non-hydrogen) atoms. The van der Waals surface area contributed by atoms with Crippen LogP contribution in [0.25, 0.3) is 0 Å². The number of aryl methyl sites for hydroxylation is 1. The highest BCUT2D eigenvalue weighted by Crippen LogP contribution is 2.42. The van der Waals surface area contributed by atoms with E-state index in [1.165, 1.54) is 38.2 Å². The summed E-state index contributed by atoms with van der Waals surface area (Å²) >= 11 is 0. The summed E-state index contributed by atoms with van der Waals surface area (Å²) in [6, 6.07) is 7.24. The Morgan fingerprint density at radius 3 is 2.16 bits per heavy atom. The van der Waals surface area contributed by atoms with Crippen LogP contribution in [0, 0.1) is 29.9 Å². The van der Waals surface area contributed by atoms with Gasteiger partial charge in [-0.15, -0.1) is 0 Å². The van der Waals surface area contributed by atoms with Gasteiger partial charge in [-0.1, -0.05) is 64.8 Å². The summed E-state index contributed by atoms with van der Waals surface area (Å²) in [4.78, 5) is 68.7. The van der Waals surface area contributed by atoms with Crippen LogP contribution in [0.3, 0.4) is 0 Å². The molecule has 1 saturated carbocycles. The first-order chi connectivity index (χ1) is 26.8. The molecule has 1 saturated heterocycles. The standard InChI is InChI=1S/C35H35F4N7O5.C4H10.C2H6/c1-20-8-6-7-9-26(20)29(31(49)43(5)25-15-35(38,39)16-25)45(24-13-21(36)12-22(37)14-24)30(48)27-18-44(33(50)51-34(2,3)4)19-28(47)46(27)32-41-11-10-23(17-40)42-32;1-3-4-2;1-2/h6-14,25,27,29H,15-16,18-19H2,1-5H3;3-4H2,1-2H3;1-2H3/t27-,29?;;/m0../s1. The molecule has 1 aromatic heterocycles. The SMILES string of the molecule is CC.CCCC.Cc1ccccc1C(C(=O)N(C)C1CC(F)(F)C1)N(C(=O)[C@@H]1CN(C(=O)OC(C)(C)C)CC(=O)N1c1nccc(C#N)n1)c1cc(F)cc(F)c1. The average molecular weight is 798 g/mol. The lowest BCUT2D eigenvalue weighted by Crippen LogP contribution is -2.65. The van der Waals surface area contributed by atoms with Crippen LogP contribution in [0.1, 0.15) is 97.0 Å². The summed E-state index contributed by atoms with van der Waals surface area (Å²) in [6.45, 7) is 13.6. The van der Waals surface area contributed by atoms with Crippen molar-refractivity contribution < 1.29 is 41.5 Å². The van der Waals surface area contributed by atoms with Crippen LogP contribution in [-0.4, -0.2) is 87.3 Å². The van der Waals surface area contributed by atoms with Gasteiger partial charge in [0.25, 0.3) is 11.8 Å². The first kappa shape index (κ1) is 45.8. The lowest BCUT2D eigenvalue weighted by molar-refractivity contribution is -0.152. The van der Waals surface area contributed by atoms with Crippen molar-refractivity contribution in [2.24, 2.45) is 0 Å². The van der Waals surface area contributed by atoms with Crippen LogP contribution in [0.15, 0.2) is 54.7 Å². The molecule has 12 nitrogen and oxygen atoms in total. The lowest BCUT2D eigenvalue weighted by atomic mass is 9.86. The van der Waals surface area contributed by atoms with E-state index in [0.29, 0.717) is 11.6 Å². The minimum atomic E-state index is -3.01. The first-order valence-electron chi connectivity index (χ1n) is 18.8. The third-order valence-corrected chi connectivity index (χ3v) is 9.01. The van der Waals surface area contributed by atoms with Gasteiger partial charge in [-0.25, -0.2) is 32.3 Å². The molecule has 0 radical (unpaired) electrons. The Hall–Kier alpha value is -5.59. The van der Waals surface area contributed by atoms with Gasteiger partial charge in [0.15, 0.2) is 0 Å². The summed E-state index contributed by atoms with van der Waals surface area (Å²) in [5.74, 6) is -8.46. The molecule has 5 rings (SSSR count). The predicted octanol–water partition coefficient (Wildman–Crippen LogP) is 7.75. The molecule has 3 aromatic rings. The number of hydrogen-bond acceptors (Lipinski definition) is 8. The number of likely N-dealkylation sites (N-methyl/N-ethyl adjacent to an activating group) is 1. The van der Waals surface area contributed by atoms with E-state index in [2.05, 4.69) is 23.8 Å². The number of nitrogens with zero attached hydrogens (tertiary/aromatic N) is 7. The highest BCUT2D eigenvalue weighted by Gasteiger charge is 2.51. The smallest absolute Gasteiger partial charge is 0.410 e. The Morgan fingerprint density at radius 1 is 1.04 bits per heavy atom. The number of rotatable bonds is 8. The van der Waals surface area contributed by atoms with Crippen molar-refractivity contribution in [1.82, 2.24) is 19.8 Å². The fourth-order valence-electron chi connectivity index (χ4n) is 5.99. The van der Waals surface area contributed by atoms with E-state index < -0.39 is 96.7 Å². The summed E-state index contributed by atoms with van der Waals surface area (Å²) in [6.07, 6.45) is 1.58. The zero-order valence-electron chi connectivity index (χ0n) is 33.9. The number of carbonyl (C=O) groups excluding carboxylic acids is 4. The monoisotopic (exact) mass is 797 g/mol. The van der Waals surface area contributed by atoms with Crippen molar-refractivity contribution in [3.8, 4) is 6.07 Å². The zero-order chi connectivity index (χ0) is 42.8. The fraction of sp³-hybridized carbons (Fsp3) is 0.488. The molecule has 0 spiro atoms. The van der Waals surface area contributed by atoms with Gasteiger partial charge in [-0.2, -0.15) is 5.26 Å². The number of ether oxygens (including phenoxy) is 1. The van der Waals surface area contributed by atoms with Gasteiger partial charge in [-0.3, -0.25) is 29.1 Å². The van der Waals surface area contributed by atoms with Crippen molar-refractivity contribution in [3.63, 3.8) is 0 Å². The molecule has 4 amide bonds. The number of nitriles is 1. The number of anilines is 2. The molecule has 2 fully saturated rings. The summed E-state index contributed by atoms with van der Waals surface area (Å²) in [5, 5.41) is 9.51. The van der Waals surface area contributed by atoms with Gasteiger partial charge in [-0.05, 0) is 57.0 Å². The minimum absolute atomic E-state index is 0.162. The second kappa shape index (κ2) is 19.5. The van der Waals surface area contributed by atoms with Crippen LogP contribution >= 0.6 is 0 Å². The molecule has 16 heteroatoms. The van der Waals surface area contributed by atoms with Crippen molar-refractivity contribution in [2.75, 3.05) is 29.9 Å². The number of aromatic nitrogens is 2. The van der Waals surface area contributed by atoms with Gasteiger partial charge in [0.05, 0.1) is 12.2 Å². The van der Waals surface area contributed by atoms with E-state index in [-0.39, 0.29) is 17.2 Å². The number of hydrogen-bond donors (Lipinski definition) is 0. The van der Waals surface area contributed by atoms with Crippen molar-refractivity contribution in [1.29, 1.82) is 5.26 Å². The van der Waals surface area contributed by atoms with E-state index in [1.807, 2.05) is 19.9 Å². The lowest BCUT2D eigenvalue weighted by Gasteiger charge is -2.45. The van der Waals surface area contributed by atoms with Crippen LogP contribution < -0.4 is 9.80 Å². The third kappa shape index (κ3) is 11.5. The molecule has 2 atom stereocenters. The topological polar surface area (TPSA) is 140 Å². The van der Waals surface area contributed by atoms with Gasteiger partial charge in [0, 0.05) is 38.2 Å². The average Bonchev–Trinajstić information content (AvgIpc) is 3.15. The number of amides is 4. The van der Waals surface area contributed by atoms with E-state index in [9.17, 15) is 37.2 Å². The number of halogens is 4. The maximum atomic E-state index is 15.2. The molecular weight excluding hydrogens is 746 g/mol. The molecule has 308 valence electrons. The van der Waals surface area contributed by atoms with Crippen molar-refractivity contribution in [3.05, 3.63) is 83.2 Å².